The lowest BCUT2D eigenvalue weighted by molar-refractivity contribution is -0.137. The summed E-state index contributed by atoms with van der Waals surface area (Å²) in [6.45, 7) is 2.57. The number of amides is 1. The van der Waals surface area contributed by atoms with Crippen molar-refractivity contribution in [2.45, 2.75) is 19.6 Å². The Morgan fingerprint density at radius 1 is 1.33 bits per heavy atom. The van der Waals surface area contributed by atoms with E-state index in [4.69, 9.17) is 5.26 Å². The van der Waals surface area contributed by atoms with Crippen LogP contribution in [0.25, 0.3) is 6.08 Å². The lowest BCUT2D eigenvalue weighted by Crippen LogP contribution is -2.14. The summed E-state index contributed by atoms with van der Waals surface area (Å²) in [7, 11) is 0. The number of aromatic nitrogens is 1. The van der Waals surface area contributed by atoms with Gasteiger partial charge in [-0.15, -0.1) is 0 Å². The summed E-state index contributed by atoms with van der Waals surface area (Å²) in [6, 6.07) is 9.53. The molecule has 1 aromatic carbocycles. The predicted octanol–water partition coefficient (Wildman–Crippen LogP) is 4.07. The number of rotatable bonds is 4. The number of nitriles is 1. The first kappa shape index (κ1) is 17.3. The van der Waals surface area contributed by atoms with Crippen molar-refractivity contribution in [2.24, 2.45) is 0 Å². The van der Waals surface area contributed by atoms with Crippen LogP contribution in [0.1, 0.15) is 18.2 Å². The topological polar surface area (TPSA) is 57.8 Å². The number of hydrogen-bond donors (Lipinski definition) is 1. The number of hydrogen-bond acceptors (Lipinski definition) is 2. The zero-order valence-electron chi connectivity index (χ0n) is 12.8. The summed E-state index contributed by atoms with van der Waals surface area (Å²) in [5.41, 5.74) is -0.432. The number of halogens is 3. The maximum Gasteiger partial charge on any atom is 0.416 e. The van der Waals surface area contributed by atoms with Gasteiger partial charge in [-0.1, -0.05) is 6.07 Å². The Balaban J connectivity index is 2.23. The van der Waals surface area contributed by atoms with E-state index in [2.05, 4.69) is 5.32 Å². The number of carbonyl (C=O) groups is 1. The molecule has 0 aliphatic rings. The zero-order chi connectivity index (χ0) is 17.7. The Hall–Kier alpha value is -3.01. The van der Waals surface area contributed by atoms with Crippen molar-refractivity contribution < 1.29 is 18.0 Å². The molecule has 7 heteroatoms. The Morgan fingerprint density at radius 3 is 2.71 bits per heavy atom. The van der Waals surface area contributed by atoms with Gasteiger partial charge in [0.1, 0.15) is 11.6 Å². The predicted molar refractivity (Wildman–Crippen MR) is 83.8 cm³/mol. The smallest absolute Gasteiger partial charge is 0.348 e. The van der Waals surface area contributed by atoms with E-state index in [0.717, 1.165) is 12.1 Å². The Bertz CT molecular complexity index is 813. The highest BCUT2D eigenvalue weighted by Gasteiger charge is 2.30. The summed E-state index contributed by atoms with van der Waals surface area (Å²) in [4.78, 5) is 12.1. The van der Waals surface area contributed by atoms with Crippen LogP contribution in [0.4, 0.5) is 18.9 Å². The van der Waals surface area contributed by atoms with E-state index in [0.29, 0.717) is 12.2 Å². The average Bonchev–Trinajstić information content (AvgIpc) is 2.99. The Kier molecular flexibility index (Phi) is 5.09. The second-order valence-electron chi connectivity index (χ2n) is 4.92. The van der Waals surface area contributed by atoms with Gasteiger partial charge in [0.15, 0.2) is 0 Å². The highest BCUT2D eigenvalue weighted by atomic mass is 19.4. The van der Waals surface area contributed by atoms with Gasteiger partial charge in [-0.2, -0.15) is 18.4 Å². The lowest BCUT2D eigenvalue weighted by Gasteiger charge is -2.09. The number of carbonyl (C=O) groups excluding carboxylic acids is 1. The largest absolute Gasteiger partial charge is 0.416 e. The third-order valence-corrected chi connectivity index (χ3v) is 3.31. The minimum atomic E-state index is -4.50. The third-order valence-electron chi connectivity index (χ3n) is 3.31. The van der Waals surface area contributed by atoms with Crippen LogP contribution in [0.15, 0.2) is 48.2 Å². The molecule has 1 aromatic heterocycles. The monoisotopic (exact) mass is 333 g/mol. The summed E-state index contributed by atoms with van der Waals surface area (Å²) in [6.07, 6.45) is -1.31. The highest BCUT2D eigenvalue weighted by molar-refractivity contribution is 6.09. The van der Waals surface area contributed by atoms with E-state index in [1.54, 1.807) is 24.4 Å². The first-order valence-corrected chi connectivity index (χ1v) is 7.10. The molecule has 0 aliphatic carbocycles. The molecule has 4 nitrogen and oxygen atoms in total. The van der Waals surface area contributed by atoms with Gasteiger partial charge < -0.3 is 9.88 Å². The van der Waals surface area contributed by atoms with E-state index in [9.17, 15) is 18.0 Å². The lowest BCUT2D eigenvalue weighted by atomic mass is 10.1. The molecule has 1 N–H and O–H groups in total. The number of benzene rings is 1. The van der Waals surface area contributed by atoms with Gasteiger partial charge in [0.25, 0.3) is 5.91 Å². The maximum absolute atomic E-state index is 12.7. The van der Waals surface area contributed by atoms with Crippen LogP contribution in [0.3, 0.4) is 0 Å². The number of nitrogens with one attached hydrogen (secondary N) is 1. The SMILES string of the molecule is CCn1cccc1/C=C(/C#N)C(=O)Nc1cccc(C(F)(F)F)c1. The van der Waals surface area contributed by atoms with Crippen LogP contribution < -0.4 is 5.32 Å². The molecule has 0 atom stereocenters. The molecule has 124 valence electrons. The van der Waals surface area contributed by atoms with Crippen LogP contribution >= 0.6 is 0 Å². The quantitative estimate of drug-likeness (QED) is 0.677. The molecule has 0 bridgehead atoms. The fraction of sp³-hybridized carbons (Fsp3) is 0.176. The molecule has 0 radical (unpaired) electrons. The van der Waals surface area contributed by atoms with Crippen molar-refractivity contribution in [1.29, 1.82) is 5.26 Å². The Labute approximate surface area is 136 Å². The maximum atomic E-state index is 12.7. The molecule has 2 rings (SSSR count). The van der Waals surface area contributed by atoms with Crippen molar-refractivity contribution >= 4 is 17.7 Å². The van der Waals surface area contributed by atoms with E-state index in [-0.39, 0.29) is 11.3 Å². The van der Waals surface area contributed by atoms with E-state index in [1.807, 2.05) is 11.5 Å². The van der Waals surface area contributed by atoms with Gasteiger partial charge in [0.2, 0.25) is 0 Å². The van der Waals surface area contributed by atoms with E-state index < -0.39 is 17.6 Å². The normalized spacial score (nSPS) is 11.9. The molecule has 0 saturated carbocycles. The van der Waals surface area contributed by atoms with Crippen LogP contribution in [-0.2, 0) is 17.5 Å². The van der Waals surface area contributed by atoms with Crippen molar-refractivity contribution in [3.05, 3.63) is 59.4 Å². The summed E-state index contributed by atoms with van der Waals surface area (Å²) >= 11 is 0. The van der Waals surface area contributed by atoms with Crippen molar-refractivity contribution in [1.82, 2.24) is 4.57 Å². The molecule has 0 spiro atoms. The molecule has 2 aromatic rings. The third kappa shape index (κ3) is 4.04. The van der Waals surface area contributed by atoms with E-state index >= 15 is 0 Å². The first-order chi connectivity index (χ1) is 11.3. The molecule has 0 aliphatic heterocycles. The van der Waals surface area contributed by atoms with Crippen molar-refractivity contribution in [3.8, 4) is 6.07 Å². The van der Waals surface area contributed by atoms with Crippen LogP contribution in [-0.4, -0.2) is 10.5 Å². The van der Waals surface area contributed by atoms with Crippen LogP contribution in [0.2, 0.25) is 0 Å². The van der Waals surface area contributed by atoms with E-state index in [1.165, 1.54) is 18.2 Å². The fourth-order valence-corrected chi connectivity index (χ4v) is 2.11. The number of nitrogens with zero attached hydrogens (tertiary/aromatic N) is 2. The number of alkyl halides is 3. The summed E-state index contributed by atoms with van der Waals surface area (Å²) in [5, 5.41) is 11.5. The molecule has 0 fully saturated rings. The average molecular weight is 333 g/mol. The van der Waals surface area contributed by atoms with Gasteiger partial charge in [-0.25, -0.2) is 0 Å². The standard InChI is InChI=1S/C17H14F3N3O/c1-2-23-8-4-7-15(23)9-12(11-21)16(24)22-14-6-3-5-13(10-14)17(18,19)20/h3-10H,2H2,1H3,(H,22,24)/b12-9-. The van der Waals surface area contributed by atoms with Crippen molar-refractivity contribution in [2.75, 3.05) is 5.32 Å². The summed E-state index contributed by atoms with van der Waals surface area (Å²) < 4.78 is 39.9. The molecule has 0 unspecified atom stereocenters. The Morgan fingerprint density at radius 2 is 2.08 bits per heavy atom. The number of anilines is 1. The summed E-state index contributed by atoms with van der Waals surface area (Å²) in [5.74, 6) is -0.763. The molecule has 0 saturated heterocycles. The van der Waals surface area contributed by atoms with Gasteiger partial charge in [-0.3, -0.25) is 4.79 Å². The van der Waals surface area contributed by atoms with Gasteiger partial charge in [0.05, 0.1) is 5.56 Å². The fourth-order valence-electron chi connectivity index (χ4n) is 2.11. The minimum absolute atomic E-state index is 0.0261. The minimum Gasteiger partial charge on any atom is -0.348 e. The number of aryl methyl sites for hydroxylation is 1. The van der Waals surface area contributed by atoms with Gasteiger partial charge in [-0.05, 0) is 43.3 Å². The second kappa shape index (κ2) is 7.04. The van der Waals surface area contributed by atoms with Crippen LogP contribution in [0, 0.1) is 11.3 Å². The molecule has 24 heavy (non-hydrogen) atoms. The molecular weight excluding hydrogens is 319 g/mol. The van der Waals surface area contributed by atoms with Gasteiger partial charge in [0, 0.05) is 24.1 Å². The molecule has 1 heterocycles. The highest BCUT2D eigenvalue weighted by Crippen LogP contribution is 2.30. The van der Waals surface area contributed by atoms with Crippen LogP contribution in [0.5, 0.6) is 0 Å². The molecule has 1 amide bonds. The first-order valence-electron chi connectivity index (χ1n) is 7.10. The molecular formula is C17H14F3N3O. The second-order valence-corrected chi connectivity index (χ2v) is 4.92. The van der Waals surface area contributed by atoms with Gasteiger partial charge >= 0.3 is 6.18 Å². The zero-order valence-corrected chi connectivity index (χ0v) is 12.8. The van der Waals surface area contributed by atoms with Crippen molar-refractivity contribution in [3.63, 3.8) is 0 Å².